The first kappa shape index (κ1) is 11.7. The maximum Gasteiger partial charge on any atom is 0.0877 e. The second-order valence-corrected chi connectivity index (χ2v) is 6.23. The van der Waals surface area contributed by atoms with Crippen LogP contribution in [0.5, 0.6) is 0 Å². The van der Waals surface area contributed by atoms with Gasteiger partial charge < -0.3 is 10.4 Å². The van der Waals surface area contributed by atoms with Crippen LogP contribution in [0.25, 0.3) is 0 Å². The van der Waals surface area contributed by atoms with E-state index in [9.17, 15) is 5.11 Å². The molecule has 0 bridgehead atoms. The van der Waals surface area contributed by atoms with Crippen molar-refractivity contribution in [3.63, 3.8) is 0 Å². The van der Waals surface area contributed by atoms with Gasteiger partial charge in [-0.3, -0.25) is 0 Å². The number of hydrogen-bond acceptors (Lipinski definition) is 2. The van der Waals surface area contributed by atoms with Gasteiger partial charge in [0.1, 0.15) is 0 Å². The van der Waals surface area contributed by atoms with Crippen molar-refractivity contribution >= 4 is 15.9 Å². The SMILES string of the molecule is CC1(O)CCc2c(Br)cc3c(c21)CCNCC3. The summed E-state index contributed by atoms with van der Waals surface area (Å²) < 4.78 is 1.19. The third-order valence-electron chi connectivity index (χ3n) is 4.10. The molecule has 92 valence electrons. The van der Waals surface area contributed by atoms with Crippen molar-refractivity contribution in [1.29, 1.82) is 0 Å². The molecule has 17 heavy (non-hydrogen) atoms. The fourth-order valence-electron chi connectivity index (χ4n) is 3.25. The molecule has 1 atom stereocenters. The van der Waals surface area contributed by atoms with Crippen molar-refractivity contribution < 1.29 is 5.11 Å². The van der Waals surface area contributed by atoms with Crippen LogP contribution < -0.4 is 5.32 Å². The topological polar surface area (TPSA) is 32.3 Å². The summed E-state index contributed by atoms with van der Waals surface area (Å²) in [5.74, 6) is 0. The molecule has 3 rings (SSSR count). The number of aliphatic hydroxyl groups is 1. The van der Waals surface area contributed by atoms with E-state index in [4.69, 9.17) is 0 Å². The molecule has 2 aliphatic rings. The first-order valence-electron chi connectivity index (χ1n) is 6.36. The predicted molar refractivity (Wildman–Crippen MR) is 72.3 cm³/mol. The molecule has 1 aromatic carbocycles. The van der Waals surface area contributed by atoms with Gasteiger partial charge in [-0.15, -0.1) is 0 Å². The normalized spacial score (nSPS) is 27.5. The zero-order valence-electron chi connectivity index (χ0n) is 10.1. The van der Waals surface area contributed by atoms with Crippen LogP contribution in [0.1, 0.15) is 35.6 Å². The molecule has 0 saturated carbocycles. The van der Waals surface area contributed by atoms with E-state index >= 15 is 0 Å². The van der Waals surface area contributed by atoms with Gasteiger partial charge in [0.15, 0.2) is 0 Å². The lowest BCUT2D eigenvalue weighted by atomic mass is 9.88. The Bertz CT molecular complexity index is 468. The monoisotopic (exact) mass is 295 g/mol. The summed E-state index contributed by atoms with van der Waals surface area (Å²) in [6, 6.07) is 2.27. The van der Waals surface area contributed by atoms with Gasteiger partial charge in [0.2, 0.25) is 0 Å². The largest absolute Gasteiger partial charge is 0.385 e. The minimum Gasteiger partial charge on any atom is -0.385 e. The van der Waals surface area contributed by atoms with E-state index in [0.717, 1.165) is 38.8 Å². The van der Waals surface area contributed by atoms with Crippen LogP contribution in [0.3, 0.4) is 0 Å². The Morgan fingerprint density at radius 3 is 2.82 bits per heavy atom. The van der Waals surface area contributed by atoms with Gasteiger partial charge >= 0.3 is 0 Å². The second kappa shape index (κ2) is 4.08. The van der Waals surface area contributed by atoms with Gasteiger partial charge in [-0.1, -0.05) is 15.9 Å². The Kier molecular flexibility index (Phi) is 2.80. The van der Waals surface area contributed by atoms with Crippen molar-refractivity contribution in [3.8, 4) is 0 Å². The Hall–Kier alpha value is -0.380. The highest BCUT2D eigenvalue weighted by atomic mass is 79.9. The highest BCUT2D eigenvalue weighted by Crippen LogP contribution is 2.43. The van der Waals surface area contributed by atoms with E-state index in [1.54, 1.807) is 0 Å². The Morgan fingerprint density at radius 1 is 1.24 bits per heavy atom. The lowest BCUT2D eigenvalue weighted by molar-refractivity contribution is 0.0586. The molecule has 2 nitrogen and oxygen atoms in total. The summed E-state index contributed by atoms with van der Waals surface area (Å²) in [6.45, 7) is 4.03. The van der Waals surface area contributed by atoms with Crippen LogP contribution in [-0.4, -0.2) is 18.2 Å². The molecule has 0 radical (unpaired) electrons. The van der Waals surface area contributed by atoms with E-state index in [2.05, 4.69) is 27.3 Å². The van der Waals surface area contributed by atoms with E-state index < -0.39 is 5.60 Å². The molecule has 1 aliphatic heterocycles. The minimum atomic E-state index is -0.631. The molecular formula is C14H18BrNO. The Labute approximate surface area is 111 Å². The van der Waals surface area contributed by atoms with Crippen molar-refractivity contribution in [1.82, 2.24) is 5.32 Å². The summed E-state index contributed by atoms with van der Waals surface area (Å²) in [5, 5.41) is 14.0. The molecule has 1 aliphatic carbocycles. The molecule has 0 amide bonds. The third-order valence-corrected chi connectivity index (χ3v) is 4.81. The van der Waals surface area contributed by atoms with Crippen molar-refractivity contribution in [2.24, 2.45) is 0 Å². The molecule has 1 unspecified atom stereocenters. The van der Waals surface area contributed by atoms with Gasteiger partial charge in [0, 0.05) is 4.47 Å². The Balaban J connectivity index is 2.23. The fraction of sp³-hybridized carbons (Fsp3) is 0.571. The predicted octanol–water partition coefficient (Wildman–Crippen LogP) is 2.29. The molecule has 0 saturated heterocycles. The summed E-state index contributed by atoms with van der Waals surface area (Å²) in [5.41, 5.74) is 4.72. The van der Waals surface area contributed by atoms with Crippen LogP contribution in [0, 0.1) is 0 Å². The molecule has 3 heteroatoms. The first-order valence-corrected chi connectivity index (χ1v) is 7.15. The van der Waals surface area contributed by atoms with Gasteiger partial charge in [-0.2, -0.15) is 0 Å². The maximum atomic E-state index is 10.6. The van der Waals surface area contributed by atoms with Gasteiger partial charge in [-0.05, 0) is 74.0 Å². The fourth-order valence-corrected chi connectivity index (χ4v) is 3.92. The average molecular weight is 296 g/mol. The maximum absolute atomic E-state index is 10.6. The van der Waals surface area contributed by atoms with E-state index in [-0.39, 0.29) is 0 Å². The van der Waals surface area contributed by atoms with Gasteiger partial charge in [0.05, 0.1) is 5.60 Å². The molecule has 2 N–H and O–H groups in total. The van der Waals surface area contributed by atoms with Crippen molar-refractivity contribution in [3.05, 3.63) is 32.8 Å². The summed E-state index contributed by atoms with van der Waals surface area (Å²) in [7, 11) is 0. The van der Waals surface area contributed by atoms with Crippen LogP contribution >= 0.6 is 15.9 Å². The van der Waals surface area contributed by atoms with Crippen molar-refractivity contribution in [2.45, 2.75) is 38.2 Å². The highest BCUT2D eigenvalue weighted by Gasteiger charge is 2.36. The van der Waals surface area contributed by atoms with Crippen molar-refractivity contribution in [2.75, 3.05) is 13.1 Å². The van der Waals surface area contributed by atoms with Crippen LogP contribution in [0.15, 0.2) is 10.5 Å². The molecule has 0 fully saturated rings. The van der Waals surface area contributed by atoms with E-state index in [0.29, 0.717) is 0 Å². The molecule has 1 aromatic rings. The molecular weight excluding hydrogens is 278 g/mol. The molecule has 0 aromatic heterocycles. The zero-order valence-corrected chi connectivity index (χ0v) is 11.7. The number of hydrogen-bond donors (Lipinski definition) is 2. The highest BCUT2D eigenvalue weighted by molar-refractivity contribution is 9.10. The molecule has 0 spiro atoms. The van der Waals surface area contributed by atoms with Crippen LogP contribution in [0.4, 0.5) is 0 Å². The quantitative estimate of drug-likeness (QED) is 0.770. The standard InChI is InChI=1S/C14H18BrNO/c1-14(17)5-2-11-12(15)8-9-3-6-16-7-4-10(9)13(11)14/h8,16-17H,2-7H2,1H3. The van der Waals surface area contributed by atoms with E-state index in [1.165, 1.54) is 26.7 Å². The lowest BCUT2D eigenvalue weighted by Gasteiger charge is -2.23. The number of halogens is 1. The number of fused-ring (bicyclic) bond motifs is 3. The summed E-state index contributed by atoms with van der Waals surface area (Å²) in [4.78, 5) is 0. The van der Waals surface area contributed by atoms with Crippen LogP contribution in [-0.2, 0) is 24.9 Å². The summed E-state index contributed by atoms with van der Waals surface area (Å²) in [6.07, 6.45) is 3.95. The zero-order chi connectivity index (χ0) is 12.0. The Morgan fingerprint density at radius 2 is 2.00 bits per heavy atom. The van der Waals surface area contributed by atoms with E-state index in [1.807, 2.05) is 6.92 Å². The number of benzene rings is 1. The van der Waals surface area contributed by atoms with Crippen LogP contribution in [0.2, 0.25) is 0 Å². The second-order valence-electron chi connectivity index (χ2n) is 5.37. The number of rotatable bonds is 0. The smallest absolute Gasteiger partial charge is 0.0877 e. The molecule has 1 heterocycles. The minimum absolute atomic E-state index is 0.631. The third kappa shape index (κ3) is 1.85. The average Bonchev–Trinajstić information content (AvgIpc) is 2.48. The van der Waals surface area contributed by atoms with Gasteiger partial charge in [-0.25, -0.2) is 0 Å². The first-order chi connectivity index (χ1) is 8.09. The van der Waals surface area contributed by atoms with Gasteiger partial charge in [0.25, 0.3) is 0 Å². The summed E-state index contributed by atoms with van der Waals surface area (Å²) >= 11 is 3.67. The lowest BCUT2D eigenvalue weighted by Crippen LogP contribution is -2.20. The number of nitrogens with one attached hydrogen (secondary N) is 1.